The predicted molar refractivity (Wildman–Crippen MR) is 73.0 cm³/mol. The van der Waals surface area contributed by atoms with Crippen LogP contribution in [0, 0.1) is 5.92 Å². The van der Waals surface area contributed by atoms with Gasteiger partial charge >= 0.3 is 5.97 Å². The monoisotopic (exact) mass is 327 g/mol. The molecule has 1 aromatic rings. The van der Waals surface area contributed by atoms with Crippen LogP contribution in [0.25, 0.3) is 0 Å². The average molecular weight is 328 g/mol. The summed E-state index contributed by atoms with van der Waals surface area (Å²) in [5.74, 6) is -0.568. The van der Waals surface area contributed by atoms with Gasteiger partial charge in [-0.15, -0.1) is 0 Å². The van der Waals surface area contributed by atoms with Gasteiger partial charge in [-0.3, -0.25) is 4.79 Å². The Balaban J connectivity index is 2.36. The molecule has 1 aliphatic rings. The minimum atomic E-state index is -0.459. The van der Waals surface area contributed by atoms with Crippen LogP contribution in [-0.4, -0.2) is 37.2 Å². The van der Waals surface area contributed by atoms with Gasteiger partial charge in [0.05, 0.1) is 22.8 Å². The highest BCUT2D eigenvalue weighted by Gasteiger charge is 2.31. The number of halogens is 1. The maximum Gasteiger partial charge on any atom is 0.339 e. The molecule has 0 saturated carbocycles. The highest BCUT2D eigenvalue weighted by atomic mass is 79.9. The summed E-state index contributed by atoms with van der Waals surface area (Å²) < 4.78 is 5.23. The van der Waals surface area contributed by atoms with E-state index in [9.17, 15) is 9.59 Å². The van der Waals surface area contributed by atoms with Gasteiger partial charge in [-0.25, -0.2) is 4.79 Å². The van der Waals surface area contributed by atoms with E-state index in [2.05, 4.69) is 15.9 Å². The number of hydrogen-bond donors (Lipinski definition) is 1. The fourth-order valence-electron chi connectivity index (χ4n) is 2.13. The van der Waals surface area contributed by atoms with Crippen molar-refractivity contribution in [2.45, 2.75) is 6.42 Å². The number of hydrogen-bond acceptors (Lipinski definition) is 4. The first-order chi connectivity index (χ1) is 9.08. The minimum absolute atomic E-state index is 0.0173. The van der Waals surface area contributed by atoms with Gasteiger partial charge in [-0.05, 0) is 28.1 Å². The van der Waals surface area contributed by atoms with E-state index in [4.69, 9.17) is 9.84 Å². The molecule has 0 bridgehead atoms. The maximum absolute atomic E-state index is 11.9. The fourth-order valence-corrected chi connectivity index (χ4v) is 2.77. The molecule has 0 spiro atoms. The summed E-state index contributed by atoms with van der Waals surface area (Å²) in [5.41, 5.74) is 1.00. The molecule has 1 aliphatic heterocycles. The molecular weight excluding hydrogens is 314 g/mol. The Kier molecular flexibility index (Phi) is 4.21. The molecule has 1 N–H and O–H groups in total. The van der Waals surface area contributed by atoms with Crippen molar-refractivity contribution in [2.24, 2.45) is 5.92 Å². The molecule has 2 rings (SSSR count). The van der Waals surface area contributed by atoms with Crippen molar-refractivity contribution in [1.29, 1.82) is 0 Å². The van der Waals surface area contributed by atoms with Crippen LogP contribution >= 0.6 is 15.9 Å². The van der Waals surface area contributed by atoms with Crippen molar-refractivity contribution >= 4 is 33.5 Å². The summed E-state index contributed by atoms with van der Waals surface area (Å²) in [6, 6.07) is 5.09. The Bertz CT molecular complexity index is 517. The number of aliphatic hydroxyl groups is 1. The number of amides is 1. The van der Waals surface area contributed by atoms with Gasteiger partial charge < -0.3 is 14.7 Å². The average Bonchev–Trinajstić information content (AvgIpc) is 2.79. The van der Waals surface area contributed by atoms with Crippen molar-refractivity contribution in [2.75, 3.05) is 25.2 Å². The third kappa shape index (κ3) is 2.64. The van der Waals surface area contributed by atoms with Crippen molar-refractivity contribution in [1.82, 2.24) is 0 Å². The smallest absolute Gasteiger partial charge is 0.339 e. The molecule has 102 valence electrons. The van der Waals surface area contributed by atoms with Gasteiger partial charge in [0.1, 0.15) is 0 Å². The van der Waals surface area contributed by atoms with Gasteiger partial charge in [-0.1, -0.05) is 6.07 Å². The number of ether oxygens (including phenoxy) is 1. The van der Waals surface area contributed by atoms with Gasteiger partial charge in [0, 0.05) is 25.5 Å². The van der Waals surface area contributed by atoms with Crippen LogP contribution in [0.15, 0.2) is 22.7 Å². The summed E-state index contributed by atoms with van der Waals surface area (Å²) in [4.78, 5) is 25.1. The number of rotatable bonds is 3. The fraction of sp³-hybridized carbons (Fsp3) is 0.385. The largest absolute Gasteiger partial charge is 0.465 e. The summed E-state index contributed by atoms with van der Waals surface area (Å²) >= 11 is 3.34. The van der Waals surface area contributed by atoms with Crippen molar-refractivity contribution in [3.05, 3.63) is 28.2 Å². The first-order valence-electron chi connectivity index (χ1n) is 5.86. The number of esters is 1. The Labute approximate surface area is 119 Å². The lowest BCUT2D eigenvalue weighted by Gasteiger charge is -2.19. The lowest BCUT2D eigenvalue weighted by Crippen LogP contribution is -2.25. The van der Waals surface area contributed by atoms with Crippen LogP contribution < -0.4 is 4.90 Å². The zero-order valence-corrected chi connectivity index (χ0v) is 12.0. The number of carbonyl (C=O) groups is 2. The van der Waals surface area contributed by atoms with Crippen LogP contribution in [0.4, 0.5) is 5.69 Å². The second-order valence-corrected chi connectivity index (χ2v) is 5.18. The molecule has 6 heteroatoms. The zero-order chi connectivity index (χ0) is 14.0. The first kappa shape index (κ1) is 14.0. The van der Waals surface area contributed by atoms with E-state index < -0.39 is 5.97 Å². The lowest BCUT2D eigenvalue weighted by molar-refractivity contribution is -0.117. The third-order valence-electron chi connectivity index (χ3n) is 3.14. The Morgan fingerprint density at radius 1 is 1.58 bits per heavy atom. The van der Waals surface area contributed by atoms with Gasteiger partial charge in [0.2, 0.25) is 5.91 Å². The molecule has 5 nitrogen and oxygen atoms in total. The van der Waals surface area contributed by atoms with E-state index >= 15 is 0 Å². The molecular formula is C13H14BrNO4. The number of aliphatic hydroxyl groups excluding tert-OH is 1. The summed E-state index contributed by atoms with van der Waals surface area (Å²) in [5, 5.41) is 9.13. The molecule has 1 fully saturated rings. The van der Waals surface area contributed by atoms with E-state index in [0.717, 1.165) is 0 Å². The van der Waals surface area contributed by atoms with E-state index in [0.29, 0.717) is 28.7 Å². The summed E-state index contributed by atoms with van der Waals surface area (Å²) in [6.45, 7) is 0.440. The lowest BCUT2D eigenvalue weighted by atomic mass is 10.1. The topological polar surface area (TPSA) is 66.8 Å². The first-order valence-corrected chi connectivity index (χ1v) is 6.65. The molecule has 1 amide bonds. The second kappa shape index (κ2) is 5.71. The highest BCUT2D eigenvalue weighted by molar-refractivity contribution is 9.10. The molecule has 0 aliphatic carbocycles. The highest BCUT2D eigenvalue weighted by Crippen LogP contribution is 2.34. The van der Waals surface area contributed by atoms with Crippen molar-refractivity contribution in [3.8, 4) is 0 Å². The molecule has 1 aromatic carbocycles. The van der Waals surface area contributed by atoms with Crippen LogP contribution in [-0.2, 0) is 9.53 Å². The Morgan fingerprint density at radius 3 is 2.89 bits per heavy atom. The Morgan fingerprint density at radius 2 is 2.32 bits per heavy atom. The molecule has 0 aromatic heterocycles. The number of methoxy groups -OCH3 is 1. The minimum Gasteiger partial charge on any atom is -0.465 e. The van der Waals surface area contributed by atoms with Crippen LogP contribution in [0.2, 0.25) is 0 Å². The van der Waals surface area contributed by atoms with Gasteiger partial charge in [-0.2, -0.15) is 0 Å². The molecule has 1 heterocycles. The summed E-state index contributed by atoms with van der Waals surface area (Å²) in [6.07, 6.45) is 0.325. The van der Waals surface area contributed by atoms with E-state index in [1.165, 1.54) is 7.11 Å². The zero-order valence-electron chi connectivity index (χ0n) is 10.4. The molecule has 1 atom stereocenters. The van der Waals surface area contributed by atoms with E-state index in [-0.39, 0.29) is 18.4 Å². The Hall–Kier alpha value is -1.40. The summed E-state index contributed by atoms with van der Waals surface area (Å²) in [7, 11) is 1.31. The second-order valence-electron chi connectivity index (χ2n) is 4.39. The SMILES string of the molecule is COC(=O)c1cccc(N2CC(CO)CC2=O)c1Br. The number of carbonyl (C=O) groups excluding carboxylic acids is 2. The molecule has 1 saturated heterocycles. The molecule has 1 unspecified atom stereocenters. The standard InChI is InChI=1S/C13H14BrNO4/c1-19-13(18)9-3-2-4-10(12(9)14)15-6-8(7-16)5-11(15)17/h2-4,8,16H,5-7H2,1H3. The number of nitrogens with zero attached hydrogens (tertiary/aromatic N) is 1. The normalized spacial score (nSPS) is 18.8. The molecule has 19 heavy (non-hydrogen) atoms. The third-order valence-corrected chi connectivity index (χ3v) is 3.97. The quantitative estimate of drug-likeness (QED) is 0.856. The predicted octanol–water partition coefficient (Wildman–Crippen LogP) is 1.58. The maximum atomic E-state index is 11.9. The molecule has 0 radical (unpaired) electrons. The van der Waals surface area contributed by atoms with E-state index in [1.54, 1.807) is 23.1 Å². The van der Waals surface area contributed by atoms with E-state index in [1.807, 2.05) is 0 Å². The van der Waals surface area contributed by atoms with Crippen LogP contribution in [0.1, 0.15) is 16.8 Å². The van der Waals surface area contributed by atoms with Gasteiger partial charge in [0.25, 0.3) is 0 Å². The van der Waals surface area contributed by atoms with Crippen molar-refractivity contribution in [3.63, 3.8) is 0 Å². The van der Waals surface area contributed by atoms with Gasteiger partial charge in [0.15, 0.2) is 0 Å². The number of anilines is 1. The van der Waals surface area contributed by atoms with Crippen LogP contribution in [0.5, 0.6) is 0 Å². The van der Waals surface area contributed by atoms with Crippen molar-refractivity contribution < 1.29 is 19.4 Å². The number of benzene rings is 1. The van der Waals surface area contributed by atoms with Crippen LogP contribution in [0.3, 0.4) is 0 Å².